The summed E-state index contributed by atoms with van der Waals surface area (Å²) in [5.74, 6) is 3.26. The van der Waals surface area contributed by atoms with E-state index in [2.05, 4.69) is 18.2 Å². The first-order chi connectivity index (χ1) is 8.19. The van der Waals surface area contributed by atoms with Crippen molar-refractivity contribution in [3.8, 4) is 6.07 Å². The summed E-state index contributed by atoms with van der Waals surface area (Å²) in [6.07, 6.45) is 14.6. The SMILES string of the molecule is CC(C#N)C/C=C/C12CC3CC(CC(C3)C1)C2. The van der Waals surface area contributed by atoms with E-state index in [0.29, 0.717) is 5.41 Å². The van der Waals surface area contributed by atoms with Crippen LogP contribution in [0.15, 0.2) is 12.2 Å². The molecule has 92 valence electrons. The molecule has 0 N–H and O–H groups in total. The van der Waals surface area contributed by atoms with Gasteiger partial charge in [0.05, 0.1) is 6.07 Å². The molecule has 1 atom stereocenters. The van der Waals surface area contributed by atoms with E-state index in [1.165, 1.54) is 38.5 Å². The number of hydrogen-bond acceptors (Lipinski definition) is 1. The van der Waals surface area contributed by atoms with Gasteiger partial charge >= 0.3 is 0 Å². The molecular weight excluding hydrogens is 206 g/mol. The molecule has 0 aromatic carbocycles. The van der Waals surface area contributed by atoms with Crippen LogP contribution in [0, 0.1) is 40.4 Å². The van der Waals surface area contributed by atoms with Crippen molar-refractivity contribution in [2.75, 3.05) is 0 Å². The van der Waals surface area contributed by atoms with Gasteiger partial charge in [0.2, 0.25) is 0 Å². The van der Waals surface area contributed by atoms with Crippen LogP contribution in [-0.4, -0.2) is 0 Å². The predicted molar refractivity (Wildman–Crippen MR) is 69.1 cm³/mol. The highest BCUT2D eigenvalue weighted by Gasteiger charge is 2.49. The molecule has 1 heteroatoms. The lowest BCUT2D eigenvalue weighted by Crippen LogP contribution is -2.44. The Balaban J connectivity index is 1.68. The molecule has 1 unspecified atom stereocenters. The summed E-state index contributed by atoms with van der Waals surface area (Å²) in [5, 5.41) is 8.81. The van der Waals surface area contributed by atoms with E-state index in [1.807, 2.05) is 6.92 Å². The Hall–Kier alpha value is -0.770. The standard InChI is InChI=1S/C16H23N/c1-12(11-17)3-2-4-16-8-13-5-14(9-16)7-15(6-13)10-16/h2,4,12-15H,3,5-10H2,1H3/b4-2+. The number of rotatable bonds is 3. The van der Waals surface area contributed by atoms with Crippen molar-refractivity contribution >= 4 is 0 Å². The Morgan fingerprint density at radius 1 is 1.18 bits per heavy atom. The molecule has 0 spiro atoms. The van der Waals surface area contributed by atoms with Crippen LogP contribution in [0.5, 0.6) is 0 Å². The molecule has 17 heavy (non-hydrogen) atoms. The number of nitrogens with zero attached hydrogens (tertiary/aromatic N) is 1. The predicted octanol–water partition coefficient (Wildman–Crippen LogP) is 4.31. The molecule has 1 nitrogen and oxygen atoms in total. The van der Waals surface area contributed by atoms with Gasteiger partial charge in [0.1, 0.15) is 0 Å². The molecule has 4 rings (SSSR count). The summed E-state index contributed by atoms with van der Waals surface area (Å²) in [6, 6.07) is 2.32. The average molecular weight is 229 g/mol. The second-order valence-corrected chi connectivity index (χ2v) is 6.95. The normalized spacial score (nSPS) is 45.1. The van der Waals surface area contributed by atoms with Gasteiger partial charge in [-0.15, -0.1) is 0 Å². The zero-order valence-corrected chi connectivity index (χ0v) is 10.9. The maximum atomic E-state index is 8.81. The van der Waals surface area contributed by atoms with Crippen LogP contribution in [0.4, 0.5) is 0 Å². The Morgan fingerprint density at radius 2 is 1.71 bits per heavy atom. The van der Waals surface area contributed by atoms with Gasteiger partial charge in [-0.05, 0) is 75.0 Å². The van der Waals surface area contributed by atoms with Crippen molar-refractivity contribution in [2.24, 2.45) is 29.1 Å². The molecule has 4 aliphatic carbocycles. The second-order valence-electron chi connectivity index (χ2n) is 6.95. The third-order valence-electron chi connectivity index (χ3n) is 5.27. The summed E-state index contributed by atoms with van der Waals surface area (Å²) in [4.78, 5) is 0. The highest BCUT2D eigenvalue weighted by molar-refractivity contribution is 5.11. The van der Waals surface area contributed by atoms with Gasteiger partial charge in [0.15, 0.2) is 0 Å². The van der Waals surface area contributed by atoms with E-state index in [4.69, 9.17) is 5.26 Å². The van der Waals surface area contributed by atoms with Gasteiger partial charge in [-0.2, -0.15) is 5.26 Å². The van der Waals surface area contributed by atoms with Gasteiger partial charge in [-0.25, -0.2) is 0 Å². The first-order valence-corrected chi connectivity index (χ1v) is 7.26. The Labute approximate surface area is 105 Å². The van der Waals surface area contributed by atoms with Crippen LogP contribution in [0.25, 0.3) is 0 Å². The van der Waals surface area contributed by atoms with Crippen molar-refractivity contribution in [3.05, 3.63) is 12.2 Å². The van der Waals surface area contributed by atoms with Crippen LogP contribution in [0.3, 0.4) is 0 Å². The van der Waals surface area contributed by atoms with Crippen LogP contribution in [0.1, 0.15) is 51.9 Å². The molecule has 4 aliphatic rings. The molecule has 4 fully saturated rings. The van der Waals surface area contributed by atoms with E-state index in [0.717, 1.165) is 24.2 Å². The first-order valence-electron chi connectivity index (χ1n) is 7.26. The maximum absolute atomic E-state index is 8.81. The minimum atomic E-state index is 0.181. The first kappa shape index (κ1) is 11.3. The van der Waals surface area contributed by atoms with Crippen molar-refractivity contribution in [3.63, 3.8) is 0 Å². The summed E-state index contributed by atoms with van der Waals surface area (Å²) < 4.78 is 0. The fraction of sp³-hybridized carbons (Fsp3) is 0.812. The molecule has 0 aromatic heterocycles. The van der Waals surface area contributed by atoms with Gasteiger partial charge in [0.25, 0.3) is 0 Å². The Morgan fingerprint density at radius 3 is 2.18 bits per heavy atom. The van der Waals surface area contributed by atoms with E-state index < -0.39 is 0 Å². The topological polar surface area (TPSA) is 23.8 Å². The minimum Gasteiger partial charge on any atom is -0.198 e. The Bertz CT molecular complexity index is 325. The van der Waals surface area contributed by atoms with Gasteiger partial charge in [0, 0.05) is 5.92 Å². The number of nitriles is 1. The van der Waals surface area contributed by atoms with Gasteiger partial charge in [-0.1, -0.05) is 12.2 Å². The maximum Gasteiger partial charge on any atom is 0.0656 e. The monoisotopic (exact) mass is 229 g/mol. The average Bonchev–Trinajstić information content (AvgIpc) is 2.26. The van der Waals surface area contributed by atoms with E-state index >= 15 is 0 Å². The molecule has 4 saturated carbocycles. The fourth-order valence-corrected chi connectivity index (χ4v) is 4.96. The highest BCUT2D eigenvalue weighted by atomic mass is 14.5. The van der Waals surface area contributed by atoms with Crippen LogP contribution < -0.4 is 0 Å². The molecule has 0 radical (unpaired) electrons. The summed E-state index contributed by atoms with van der Waals surface area (Å²) in [6.45, 7) is 2.02. The molecular formula is C16H23N. The largest absolute Gasteiger partial charge is 0.198 e. The lowest BCUT2D eigenvalue weighted by Gasteiger charge is -2.56. The summed E-state index contributed by atoms with van der Waals surface area (Å²) >= 11 is 0. The molecule has 4 bridgehead atoms. The fourth-order valence-electron chi connectivity index (χ4n) is 4.96. The molecule has 0 saturated heterocycles. The molecule has 0 aromatic rings. The molecule has 0 aliphatic heterocycles. The van der Waals surface area contributed by atoms with Crippen molar-refractivity contribution in [1.82, 2.24) is 0 Å². The van der Waals surface area contributed by atoms with Crippen molar-refractivity contribution in [1.29, 1.82) is 5.26 Å². The zero-order valence-electron chi connectivity index (χ0n) is 10.9. The number of allylic oxidation sites excluding steroid dienone is 2. The third kappa shape index (κ3) is 2.15. The summed E-state index contributed by atoms with van der Waals surface area (Å²) in [5.41, 5.74) is 0.546. The zero-order chi connectivity index (χ0) is 11.9. The Kier molecular flexibility index (Phi) is 2.77. The smallest absolute Gasteiger partial charge is 0.0656 e. The van der Waals surface area contributed by atoms with Crippen molar-refractivity contribution in [2.45, 2.75) is 51.9 Å². The van der Waals surface area contributed by atoms with Crippen LogP contribution >= 0.6 is 0 Å². The van der Waals surface area contributed by atoms with E-state index in [9.17, 15) is 0 Å². The lowest BCUT2D eigenvalue weighted by molar-refractivity contribution is -0.0238. The van der Waals surface area contributed by atoms with Crippen molar-refractivity contribution < 1.29 is 0 Å². The highest BCUT2D eigenvalue weighted by Crippen LogP contribution is 2.60. The minimum absolute atomic E-state index is 0.181. The van der Waals surface area contributed by atoms with E-state index in [1.54, 1.807) is 0 Å². The molecule has 0 amide bonds. The number of hydrogen-bond donors (Lipinski definition) is 0. The van der Waals surface area contributed by atoms with Crippen LogP contribution in [0.2, 0.25) is 0 Å². The quantitative estimate of drug-likeness (QED) is 0.662. The van der Waals surface area contributed by atoms with E-state index in [-0.39, 0.29) is 5.92 Å². The molecule has 0 heterocycles. The second kappa shape index (κ2) is 4.16. The third-order valence-corrected chi connectivity index (χ3v) is 5.27. The van der Waals surface area contributed by atoms with Gasteiger partial charge in [-0.3, -0.25) is 0 Å². The van der Waals surface area contributed by atoms with Gasteiger partial charge < -0.3 is 0 Å². The summed E-state index contributed by atoms with van der Waals surface area (Å²) in [7, 11) is 0. The van der Waals surface area contributed by atoms with Crippen LogP contribution in [-0.2, 0) is 0 Å². The lowest BCUT2D eigenvalue weighted by atomic mass is 9.49.